The van der Waals surface area contributed by atoms with Crippen LogP contribution in [-0.4, -0.2) is 50.2 Å². The summed E-state index contributed by atoms with van der Waals surface area (Å²) in [6.07, 6.45) is 0.657. The zero-order chi connectivity index (χ0) is 20.4. The third-order valence-electron chi connectivity index (χ3n) is 5.05. The van der Waals surface area contributed by atoms with E-state index in [9.17, 15) is 13.2 Å². The first-order chi connectivity index (χ1) is 13.9. The SMILES string of the molecule is Cc1ccc2c(c1)S[C@@H](C(=O)OCc1cccc(S(=O)(=O)N3CCOCC3)c1)C2. The Hall–Kier alpha value is -1.87. The first-order valence-electron chi connectivity index (χ1n) is 9.53. The number of esters is 1. The van der Waals surface area contributed by atoms with Crippen LogP contribution in [0.4, 0.5) is 0 Å². The maximum atomic E-state index is 12.8. The second-order valence-corrected chi connectivity index (χ2v) is 10.4. The number of aryl methyl sites for hydroxylation is 1. The van der Waals surface area contributed by atoms with Gasteiger partial charge in [-0.1, -0.05) is 29.8 Å². The molecule has 4 rings (SSSR count). The van der Waals surface area contributed by atoms with Crippen molar-refractivity contribution in [3.05, 3.63) is 59.2 Å². The lowest BCUT2D eigenvalue weighted by Gasteiger charge is -2.26. The highest BCUT2D eigenvalue weighted by molar-refractivity contribution is 8.01. The molecule has 29 heavy (non-hydrogen) atoms. The summed E-state index contributed by atoms with van der Waals surface area (Å²) in [4.78, 5) is 13.9. The van der Waals surface area contributed by atoms with Crippen molar-refractivity contribution in [3.8, 4) is 0 Å². The Bertz CT molecular complexity index is 1020. The van der Waals surface area contributed by atoms with Gasteiger partial charge in [0.2, 0.25) is 10.0 Å². The number of nitrogens with zero attached hydrogens (tertiary/aromatic N) is 1. The summed E-state index contributed by atoms with van der Waals surface area (Å²) in [5, 5.41) is -0.257. The highest BCUT2D eigenvalue weighted by Gasteiger charge is 2.30. The topological polar surface area (TPSA) is 72.9 Å². The van der Waals surface area contributed by atoms with Gasteiger partial charge in [0.15, 0.2) is 0 Å². The minimum absolute atomic E-state index is 0.0533. The number of benzene rings is 2. The molecule has 2 aliphatic heterocycles. The molecule has 2 heterocycles. The number of hydrogen-bond acceptors (Lipinski definition) is 6. The molecular formula is C21H23NO5S2. The van der Waals surface area contributed by atoms with Crippen LogP contribution in [0.3, 0.4) is 0 Å². The van der Waals surface area contributed by atoms with Crippen LogP contribution in [0.2, 0.25) is 0 Å². The zero-order valence-electron chi connectivity index (χ0n) is 16.2. The molecule has 0 saturated carbocycles. The van der Waals surface area contributed by atoms with E-state index >= 15 is 0 Å². The Morgan fingerprint density at radius 1 is 1.21 bits per heavy atom. The van der Waals surface area contributed by atoms with E-state index in [-0.39, 0.29) is 22.7 Å². The van der Waals surface area contributed by atoms with Gasteiger partial charge in [-0.2, -0.15) is 4.31 Å². The van der Waals surface area contributed by atoms with Crippen molar-refractivity contribution in [2.75, 3.05) is 26.3 Å². The van der Waals surface area contributed by atoms with Gasteiger partial charge in [-0.3, -0.25) is 4.79 Å². The van der Waals surface area contributed by atoms with E-state index in [1.54, 1.807) is 24.3 Å². The molecule has 1 fully saturated rings. The number of carbonyl (C=O) groups excluding carboxylic acids is 1. The molecule has 0 aliphatic carbocycles. The summed E-state index contributed by atoms with van der Waals surface area (Å²) < 4.78 is 37.8. The Morgan fingerprint density at radius 2 is 2.00 bits per heavy atom. The number of sulfonamides is 1. The predicted molar refractivity (Wildman–Crippen MR) is 110 cm³/mol. The molecule has 2 aliphatic rings. The number of thioether (sulfide) groups is 1. The molecule has 0 radical (unpaired) electrons. The highest BCUT2D eigenvalue weighted by atomic mass is 32.2. The molecule has 0 amide bonds. The van der Waals surface area contributed by atoms with E-state index < -0.39 is 10.0 Å². The molecule has 1 atom stereocenters. The fourth-order valence-electron chi connectivity index (χ4n) is 3.45. The van der Waals surface area contributed by atoms with Crippen molar-refractivity contribution in [2.24, 2.45) is 0 Å². The quantitative estimate of drug-likeness (QED) is 0.675. The summed E-state index contributed by atoms with van der Waals surface area (Å²) in [7, 11) is -3.57. The first kappa shape index (κ1) is 20.4. The van der Waals surface area contributed by atoms with Crippen LogP contribution in [0, 0.1) is 6.92 Å². The third kappa shape index (κ3) is 4.50. The average molecular weight is 434 g/mol. The molecule has 0 aromatic heterocycles. The van der Waals surface area contributed by atoms with Crippen molar-refractivity contribution in [2.45, 2.75) is 35.0 Å². The molecule has 0 bridgehead atoms. The van der Waals surface area contributed by atoms with Gasteiger partial charge in [0.05, 0.1) is 18.1 Å². The van der Waals surface area contributed by atoms with Crippen LogP contribution >= 0.6 is 11.8 Å². The molecule has 154 valence electrons. The number of ether oxygens (including phenoxy) is 2. The van der Waals surface area contributed by atoms with Crippen LogP contribution in [0.1, 0.15) is 16.7 Å². The lowest BCUT2D eigenvalue weighted by molar-refractivity contribution is -0.144. The maximum absolute atomic E-state index is 12.8. The molecule has 1 saturated heterocycles. The van der Waals surface area contributed by atoms with Crippen molar-refractivity contribution in [1.82, 2.24) is 4.31 Å². The molecule has 0 spiro atoms. The van der Waals surface area contributed by atoms with Gasteiger partial charge in [-0.15, -0.1) is 11.8 Å². The number of morpholine rings is 1. The zero-order valence-corrected chi connectivity index (χ0v) is 17.8. The summed E-state index contributed by atoms with van der Waals surface area (Å²) in [5.74, 6) is -0.273. The van der Waals surface area contributed by atoms with E-state index in [0.29, 0.717) is 38.3 Å². The predicted octanol–water partition coefficient (Wildman–Crippen LogP) is 2.78. The van der Waals surface area contributed by atoms with Gasteiger partial charge in [-0.05, 0) is 42.7 Å². The van der Waals surface area contributed by atoms with Crippen LogP contribution in [-0.2, 0) is 37.3 Å². The Morgan fingerprint density at radius 3 is 2.79 bits per heavy atom. The van der Waals surface area contributed by atoms with Gasteiger partial charge in [0.25, 0.3) is 0 Å². The van der Waals surface area contributed by atoms with Gasteiger partial charge in [-0.25, -0.2) is 8.42 Å². The lowest BCUT2D eigenvalue weighted by atomic mass is 10.1. The van der Waals surface area contributed by atoms with E-state index in [1.165, 1.54) is 27.2 Å². The molecule has 2 aromatic carbocycles. The second-order valence-electron chi connectivity index (χ2n) is 7.19. The number of hydrogen-bond donors (Lipinski definition) is 0. The number of carbonyl (C=O) groups is 1. The first-order valence-corrected chi connectivity index (χ1v) is 11.8. The molecule has 8 heteroatoms. The van der Waals surface area contributed by atoms with Gasteiger partial charge >= 0.3 is 5.97 Å². The van der Waals surface area contributed by atoms with Crippen LogP contribution in [0.15, 0.2) is 52.3 Å². The number of fused-ring (bicyclic) bond motifs is 1. The third-order valence-corrected chi connectivity index (χ3v) is 8.22. The minimum atomic E-state index is -3.57. The van der Waals surface area contributed by atoms with E-state index in [4.69, 9.17) is 9.47 Å². The molecule has 2 aromatic rings. The summed E-state index contributed by atoms with van der Waals surface area (Å²) >= 11 is 1.53. The molecule has 0 N–H and O–H groups in total. The van der Waals surface area contributed by atoms with E-state index in [2.05, 4.69) is 12.1 Å². The standard InChI is InChI=1S/C21H23NO5S2/c1-15-5-6-17-13-20(28-19(17)11-15)21(23)27-14-16-3-2-4-18(12-16)29(24,25)22-7-9-26-10-8-22/h2-6,11-12,20H,7-10,13-14H2,1H3/t20-/m1/s1. The lowest BCUT2D eigenvalue weighted by Crippen LogP contribution is -2.40. The summed E-state index contributed by atoms with van der Waals surface area (Å²) in [5.41, 5.74) is 2.99. The Kier molecular flexibility index (Phi) is 5.96. The maximum Gasteiger partial charge on any atom is 0.320 e. The fraction of sp³-hybridized carbons (Fsp3) is 0.381. The molecular weight excluding hydrogens is 410 g/mol. The van der Waals surface area contributed by atoms with Crippen molar-refractivity contribution < 1.29 is 22.7 Å². The smallest absolute Gasteiger partial charge is 0.320 e. The summed E-state index contributed by atoms with van der Waals surface area (Å²) in [6.45, 7) is 3.58. The number of rotatable bonds is 5. The van der Waals surface area contributed by atoms with E-state index in [0.717, 1.165) is 4.90 Å². The minimum Gasteiger partial charge on any atom is -0.460 e. The van der Waals surface area contributed by atoms with Gasteiger partial charge < -0.3 is 9.47 Å². The Labute approximate surface area is 175 Å². The normalized spacial score (nSPS) is 19.7. The fourth-order valence-corrected chi connectivity index (χ4v) is 6.21. The van der Waals surface area contributed by atoms with Crippen molar-refractivity contribution in [3.63, 3.8) is 0 Å². The second kappa shape index (κ2) is 8.47. The molecule has 6 nitrogen and oxygen atoms in total. The largest absolute Gasteiger partial charge is 0.460 e. The van der Waals surface area contributed by atoms with Crippen LogP contribution < -0.4 is 0 Å². The monoisotopic (exact) mass is 433 g/mol. The van der Waals surface area contributed by atoms with Crippen LogP contribution in [0.25, 0.3) is 0 Å². The molecule has 0 unspecified atom stereocenters. The van der Waals surface area contributed by atoms with E-state index in [1.807, 2.05) is 13.0 Å². The van der Waals surface area contributed by atoms with Crippen molar-refractivity contribution in [1.29, 1.82) is 0 Å². The summed E-state index contributed by atoms with van der Waals surface area (Å²) in [6, 6.07) is 12.8. The highest BCUT2D eigenvalue weighted by Crippen LogP contribution is 2.38. The average Bonchev–Trinajstić information content (AvgIpc) is 3.16. The Balaban J connectivity index is 1.39. The van der Waals surface area contributed by atoms with Gasteiger partial charge in [0, 0.05) is 18.0 Å². The van der Waals surface area contributed by atoms with Gasteiger partial charge in [0.1, 0.15) is 11.9 Å². The van der Waals surface area contributed by atoms with Crippen molar-refractivity contribution >= 4 is 27.8 Å². The van der Waals surface area contributed by atoms with Crippen LogP contribution in [0.5, 0.6) is 0 Å².